The van der Waals surface area contributed by atoms with E-state index < -0.39 is 0 Å². The summed E-state index contributed by atoms with van der Waals surface area (Å²) in [6, 6.07) is 0. The first-order valence-electron chi connectivity index (χ1n) is 4.28. The average Bonchev–Trinajstić information content (AvgIpc) is 2.61. The smallest absolute Gasteiger partial charge is 0.308 e. The van der Waals surface area contributed by atoms with E-state index >= 15 is 0 Å². The van der Waals surface area contributed by atoms with Gasteiger partial charge < -0.3 is 4.74 Å². The second kappa shape index (κ2) is 3.24. The molecule has 1 fully saturated rings. The zero-order chi connectivity index (χ0) is 8.43. The average molecular weight is 156 g/mol. The van der Waals surface area contributed by atoms with Gasteiger partial charge in [-0.2, -0.15) is 0 Å². The quantitative estimate of drug-likeness (QED) is 0.583. The first-order valence-corrected chi connectivity index (χ1v) is 4.28. The van der Waals surface area contributed by atoms with Crippen LogP contribution in [0.4, 0.5) is 0 Å². The predicted molar refractivity (Wildman–Crippen MR) is 43.1 cm³/mol. The van der Waals surface area contributed by atoms with Crippen LogP contribution in [0.2, 0.25) is 0 Å². The van der Waals surface area contributed by atoms with Gasteiger partial charge in [-0.05, 0) is 18.3 Å². The Morgan fingerprint density at radius 3 is 2.55 bits per heavy atom. The maximum atomic E-state index is 11.0. The summed E-state index contributed by atoms with van der Waals surface area (Å²) >= 11 is 0. The second-order valence-electron chi connectivity index (χ2n) is 3.76. The number of hydrogen-bond donors (Lipinski definition) is 0. The Balaban J connectivity index is 2.07. The lowest BCUT2D eigenvalue weighted by Crippen LogP contribution is -2.13. The molecule has 64 valence electrons. The molecule has 1 saturated carbocycles. The summed E-state index contributed by atoms with van der Waals surface area (Å²) in [5, 5.41) is 0. The molecule has 2 nitrogen and oxygen atoms in total. The van der Waals surface area contributed by atoms with Gasteiger partial charge in [-0.15, -0.1) is 0 Å². The summed E-state index contributed by atoms with van der Waals surface area (Å²) in [5.41, 5.74) is 0. The van der Waals surface area contributed by atoms with Crippen LogP contribution < -0.4 is 0 Å². The van der Waals surface area contributed by atoms with Crippen molar-refractivity contribution in [1.82, 2.24) is 0 Å². The SMILES string of the molecule is CC(C)C(=O)OCC1CC1C. The summed E-state index contributed by atoms with van der Waals surface area (Å²) < 4.78 is 5.06. The lowest BCUT2D eigenvalue weighted by atomic mass is 10.2. The molecule has 0 aromatic heterocycles. The van der Waals surface area contributed by atoms with Crippen molar-refractivity contribution in [3.63, 3.8) is 0 Å². The highest BCUT2D eigenvalue weighted by atomic mass is 16.5. The third-order valence-corrected chi connectivity index (χ3v) is 2.19. The van der Waals surface area contributed by atoms with Gasteiger partial charge in [0.25, 0.3) is 0 Å². The van der Waals surface area contributed by atoms with Gasteiger partial charge in [-0.25, -0.2) is 0 Å². The molecule has 0 spiro atoms. The van der Waals surface area contributed by atoms with E-state index in [2.05, 4.69) is 6.92 Å². The van der Waals surface area contributed by atoms with Gasteiger partial charge in [-0.3, -0.25) is 4.79 Å². The summed E-state index contributed by atoms with van der Waals surface area (Å²) in [6.07, 6.45) is 1.23. The van der Waals surface area contributed by atoms with Crippen LogP contribution in [0.25, 0.3) is 0 Å². The Hall–Kier alpha value is -0.530. The second-order valence-corrected chi connectivity index (χ2v) is 3.76. The standard InChI is InChI=1S/C9H16O2/c1-6(2)9(10)11-5-8-4-7(8)3/h6-8H,4-5H2,1-3H3. The molecule has 0 bridgehead atoms. The van der Waals surface area contributed by atoms with Crippen LogP contribution in [0.3, 0.4) is 0 Å². The summed E-state index contributed by atoms with van der Waals surface area (Å²) in [4.78, 5) is 11.0. The summed E-state index contributed by atoms with van der Waals surface area (Å²) in [6.45, 7) is 6.55. The van der Waals surface area contributed by atoms with E-state index in [1.54, 1.807) is 0 Å². The minimum atomic E-state index is -0.0656. The molecule has 0 radical (unpaired) electrons. The number of ether oxygens (including phenoxy) is 1. The molecule has 2 atom stereocenters. The van der Waals surface area contributed by atoms with Crippen LogP contribution in [-0.2, 0) is 9.53 Å². The van der Waals surface area contributed by atoms with E-state index in [0.29, 0.717) is 12.5 Å². The van der Waals surface area contributed by atoms with Crippen LogP contribution in [-0.4, -0.2) is 12.6 Å². The normalized spacial score (nSPS) is 28.7. The van der Waals surface area contributed by atoms with Crippen LogP contribution in [0.15, 0.2) is 0 Å². The highest BCUT2D eigenvalue weighted by molar-refractivity contribution is 5.71. The van der Waals surface area contributed by atoms with Gasteiger partial charge in [-0.1, -0.05) is 20.8 Å². The molecule has 0 aliphatic heterocycles. The van der Waals surface area contributed by atoms with E-state index in [1.807, 2.05) is 13.8 Å². The zero-order valence-electron chi connectivity index (χ0n) is 7.46. The lowest BCUT2D eigenvalue weighted by Gasteiger charge is -2.05. The van der Waals surface area contributed by atoms with E-state index in [-0.39, 0.29) is 11.9 Å². The minimum absolute atomic E-state index is 0.0176. The minimum Gasteiger partial charge on any atom is -0.465 e. The molecule has 11 heavy (non-hydrogen) atoms. The van der Waals surface area contributed by atoms with Crippen LogP contribution >= 0.6 is 0 Å². The number of rotatable bonds is 3. The largest absolute Gasteiger partial charge is 0.465 e. The third-order valence-electron chi connectivity index (χ3n) is 2.19. The maximum Gasteiger partial charge on any atom is 0.308 e. The number of carbonyl (C=O) groups excluding carboxylic acids is 1. The van der Waals surface area contributed by atoms with Crippen LogP contribution in [0, 0.1) is 17.8 Å². The molecular formula is C9H16O2. The molecule has 1 aliphatic rings. The van der Waals surface area contributed by atoms with Gasteiger partial charge in [0.15, 0.2) is 0 Å². The van der Waals surface area contributed by atoms with Gasteiger partial charge in [0.05, 0.1) is 12.5 Å². The number of esters is 1. The van der Waals surface area contributed by atoms with E-state index in [1.165, 1.54) is 6.42 Å². The highest BCUT2D eigenvalue weighted by Gasteiger charge is 2.33. The molecule has 0 amide bonds. The van der Waals surface area contributed by atoms with E-state index in [0.717, 1.165) is 5.92 Å². The Labute approximate surface area is 67.9 Å². The van der Waals surface area contributed by atoms with Gasteiger partial charge in [0.2, 0.25) is 0 Å². The summed E-state index contributed by atoms with van der Waals surface area (Å²) in [5.74, 6) is 1.38. The van der Waals surface area contributed by atoms with Crippen LogP contribution in [0.1, 0.15) is 27.2 Å². The van der Waals surface area contributed by atoms with Gasteiger partial charge >= 0.3 is 5.97 Å². The summed E-state index contributed by atoms with van der Waals surface area (Å²) in [7, 11) is 0. The molecule has 2 heteroatoms. The highest BCUT2D eigenvalue weighted by Crippen LogP contribution is 2.37. The molecule has 0 aromatic rings. The molecule has 0 aromatic carbocycles. The fraction of sp³-hybridized carbons (Fsp3) is 0.889. The molecule has 2 unspecified atom stereocenters. The fourth-order valence-corrected chi connectivity index (χ4v) is 0.987. The molecule has 1 aliphatic carbocycles. The topological polar surface area (TPSA) is 26.3 Å². The van der Waals surface area contributed by atoms with E-state index in [9.17, 15) is 4.79 Å². The van der Waals surface area contributed by atoms with Crippen molar-refractivity contribution in [2.24, 2.45) is 17.8 Å². The number of hydrogen-bond acceptors (Lipinski definition) is 2. The van der Waals surface area contributed by atoms with Crippen molar-refractivity contribution in [3.8, 4) is 0 Å². The Morgan fingerprint density at radius 2 is 2.18 bits per heavy atom. The zero-order valence-corrected chi connectivity index (χ0v) is 7.46. The third kappa shape index (κ3) is 2.52. The number of carbonyl (C=O) groups is 1. The van der Waals surface area contributed by atoms with Crippen molar-refractivity contribution in [2.45, 2.75) is 27.2 Å². The molecule has 0 heterocycles. The maximum absolute atomic E-state index is 11.0. The van der Waals surface area contributed by atoms with Crippen molar-refractivity contribution in [1.29, 1.82) is 0 Å². The van der Waals surface area contributed by atoms with Crippen molar-refractivity contribution in [2.75, 3.05) is 6.61 Å². The van der Waals surface area contributed by atoms with Crippen molar-refractivity contribution < 1.29 is 9.53 Å². The van der Waals surface area contributed by atoms with Gasteiger partial charge in [0.1, 0.15) is 0 Å². The first kappa shape index (κ1) is 8.57. The predicted octanol–water partition coefficient (Wildman–Crippen LogP) is 1.84. The van der Waals surface area contributed by atoms with Crippen molar-refractivity contribution >= 4 is 5.97 Å². The Kier molecular flexibility index (Phi) is 2.53. The Morgan fingerprint density at radius 1 is 1.64 bits per heavy atom. The van der Waals surface area contributed by atoms with Crippen molar-refractivity contribution in [3.05, 3.63) is 0 Å². The molecule has 1 rings (SSSR count). The Bertz CT molecular complexity index is 152. The first-order chi connectivity index (χ1) is 5.11. The fourth-order valence-electron chi connectivity index (χ4n) is 0.987. The lowest BCUT2D eigenvalue weighted by molar-refractivity contribution is -0.147. The molecular weight excluding hydrogens is 140 g/mol. The molecule has 0 saturated heterocycles. The van der Waals surface area contributed by atoms with Crippen LogP contribution in [0.5, 0.6) is 0 Å². The van der Waals surface area contributed by atoms with E-state index in [4.69, 9.17) is 4.74 Å². The monoisotopic (exact) mass is 156 g/mol. The van der Waals surface area contributed by atoms with Gasteiger partial charge in [0, 0.05) is 0 Å². The molecule has 0 N–H and O–H groups in total.